The fraction of sp³-hybridized carbons (Fsp3) is 0.459. The molecule has 6 nitrogen and oxygen atoms in total. The summed E-state index contributed by atoms with van der Waals surface area (Å²) < 4.78 is 12.0. The summed E-state index contributed by atoms with van der Waals surface area (Å²) >= 11 is 6.57. The maximum absolute atomic E-state index is 13.1. The van der Waals surface area contributed by atoms with Gasteiger partial charge in [0, 0.05) is 23.0 Å². The Labute approximate surface area is 265 Å². The maximum Gasteiger partial charge on any atom is 0.227 e. The van der Waals surface area contributed by atoms with Crippen molar-refractivity contribution in [3.05, 3.63) is 94.0 Å². The minimum atomic E-state index is -1.07. The molecule has 0 spiro atoms. The highest BCUT2D eigenvalue weighted by atomic mass is 35.5. The van der Waals surface area contributed by atoms with Crippen LogP contribution in [-0.2, 0) is 20.7 Å². The number of nitrogens with one attached hydrogen (secondary N) is 1. The molecule has 0 bridgehead atoms. The molecule has 2 aliphatic carbocycles. The second-order valence-corrected chi connectivity index (χ2v) is 13.1. The number of carbonyl (C=O) groups excluding carboxylic acids is 2. The van der Waals surface area contributed by atoms with Gasteiger partial charge in [0.15, 0.2) is 5.78 Å². The number of Topliss-reactive ketones (excluding diaryl/α,β-unsaturated/α-hetero) is 1. The average molecular weight is 616 g/mol. The van der Waals surface area contributed by atoms with Gasteiger partial charge in [0.1, 0.15) is 18.0 Å². The van der Waals surface area contributed by atoms with Crippen LogP contribution < -0.4 is 10.1 Å². The van der Waals surface area contributed by atoms with E-state index in [1.54, 1.807) is 0 Å². The summed E-state index contributed by atoms with van der Waals surface area (Å²) in [5.74, 6) is 1.45. The largest absolute Gasteiger partial charge is 0.494 e. The number of aliphatic hydroxyl groups excluding tert-OH is 1. The number of halogens is 1. The van der Waals surface area contributed by atoms with E-state index in [9.17, 15) is 14.7 Å². The van der Waals surface area contributed by atoms with Gasteiger partial charge in [-0.15, -0.1) is 0 Å². The van der Waals surface area contributed by atoms with Gasteiger partial charge in [0.2, 0.25) is 5.91 Å². The standard InChI is InChI=1S/C37H42ClNO5/c1-2-43-28-15-12-23(13-16-28)18-27-19-25(14-17-32(27)38)36-35(41)34(40)22-29(44-36)20-26-21-31(26)30-10-6-7-11-33(30)39-37(42)24-8-4-3-5-9-24/h6-7,10-17,19,24,26,29,31,34,36,40H,2-5,8-9,18,20-22H2,1H3,(H,39,42)/t26?,29-,31?,34?,36+/m1/s1. The predicted octanol–water partition coefficient (Wildman–Crippen LogP) is 7.80. The second-order valence-electron chi connectivity index (χ2n) is 12.6. The van der Waals surface area contributed by atoms with Crippen molar-refractivity contribution in [3.8, 4) is 5.75 Å². The Morgan fingerprint density at radius 3 is 2.57 bits per heavy atom. The van der Waals surface area contributed by atoms with Gasteiger partial charge in [-0.05, 0) is 97.4 Å². The van der Waals surface area contributed by atoms with Crippen molar-refractivity contribution in [2.75, 3.05) is 11.9 Å². The van der Waals surface area contributed by atoms with Gasteiger partial charge >= 0.3 is 0 Å². The number of rotatable bonds is 10. The minimum Gasteiger partial charge on any atom is -0.494 e. The summed E-state index contributed by atoms with van der Waals surface area (Å²) in [4.78, 5) is 26.1. The fourth-order valence-corrected chi connectivity index (χ4v) is 7.18. The number of benzene rings is 3. The Balaban J connectivity index is 1.11. The van der Waals surface area contributed by atoms with E-state index in [1.807, 2.05) is 67.6 Å². The Kier molecular flexibility index (Phi) is 9.70. The van der Waals surface area contributed by atoms with E-state index in [0.29, 0.717) is 41.9 Å². The van der Waals surface area contributed by atoms with E-state index in [4.69, 9.17) is 21.1 Å². The SMILES string of the molecule is CCOc1ccc(Cc2cc([C@@H]3O[C@H](CC4CC4c4ccccc4NC(=O)C4CCCCC4)CC(O)C3=O)ccc2Cl)cc1. The molecule has 1 saturated heterocycles. The van der Waals surface area contributed by atoms with Crippen LogP contribution in [0.15, 0.2) is 66.7 Å². The summed E-state index contributed by atoms with van der Waals surface area (Å²) in [6.07, 6.45) is 5.92. The molecular formula is C37H42ClNO5. The first kappa shape index (κ1) is 30.8. The Bertz CT molecular complexity index is 1470. The van der Waals surface area contributed by atoms with Crippen LogP contribution in [0.5, 0.6) is 5.75 Å². The summed E-state index contributed by atoms with van der Waals surface area (Å²) in [5, 5.41) is 14.6. The molecule has 3 aromatic rings. The lowest BCUT2D eigenvalue weighted by atomic mass is 9.88. The van der Waals surface area contributed by atoms with E-state index >= 15 is 0 Å². The molecule has 3 fully saturated rings. The number of hydrogen-bond acceptors (Lipinski definition) is 5. The molecule has 1 heterocycles. The molecule has 1 aliphatic heterocycles. The molecule has 7 heteroatoms. The summed E-state index contributed by atoms with van der Waals surface area (Å²) in [7, 11) is 0. The zero-order chi connectivity index (χ0) is 30.6. The van der Waals surface area contributed by atoms with Crippen molar-refractivity contribution >= 4 is 29.0 Å². The molecule has 232 valence electrons. The van der Waals surface area contributed by atoms with Gasteiger partial charge in [-0.2, -0.15) is 0 Å². The number of ether oxygens (including phenoxy) is 2. The van der Waals surface area contributed by atoms with E-state index < -0.39 is 12.2 Å². The number of aliphatic hydroxyl groups is 1. The summed E-state index contributed by atoms with van der Waals surface area (Å²) in [6, 6.07) is 21.6. The van der Waals surface area contributed by atoms with Crippen molar-refractivity contribution < 1.29 is 24.2 Å². The average Bonchev–Trinajstić information content (AvgIpc) is 3.80. The molecule has 5 atom stereocenters. The molecule has 2 saturated carbocycles. The highest BCUT2D eigenvalue weighted by Crippen LogP contribution is 2.53. The van der Waals surface area contributed by atoms with Crippen LogP contribution in [0.3, 0.4) is 0 Å². The van der Waals surface area contributed by atoms with Crippen LogP contribution in [-0.4, -0.2) is 35.6 Å². The molecule has 3 unspecified atom stereocenters. The Morgan fingerprint density at radius 1 is 1.02 bits per heavy atom. The lowest BCUT2D eigenvalue weighted by Crippen LogP contribution is -2.40. The number of ketones is 1. The smallest absolute Gasteiger partial charge is 0.227 e. The molecule has 44 heavy (non-hydrogen) atoms. The van der Waals surface area contributed by atoms with Crippen molar-refractivity contribution in [1.82, 2.24) is 0 Å². The molecule has 2 N–H and O–H groups in total. The van der Waals surface area contributed by atoms with Crippen molar-refractivity contribution in [2.45, 2.75) is 88.9 Å². The predicted molar refractivity (Wildman–Crippen MR) is 172 cm³/mol. The summed E-state index contributed by atoms with van der Waals surface area (Å²) in [6.45, 7) is 2.57. The number of carbonyl (C=O) groups is 2. The highest BCUT2D eigenvalue weighted by molar-refractivity contribution is 6.31. The second kappa shape index (κ2) is 13.8. The van der Waals surface area contributed by atoms with Gasteiger partial charge in [0.25, 0.3) is 0 Å². The van der Waals surface area contributed by atoms with E-state index in [2.05, 4.69) is 11.4 Å². The van der Waals surface area contributed by atoms with Crippen molar-refractivity contribution in [3.63, 3.8) is 0 Å². The number of anilines is 1. The number of amides is 1. The van der Waals surface area contributed by atoms with E-state index in [0.717, 1.165) is 61.1 Å². The fourth-order valence-electron chi connectivity index (χ4n) is 6.99. The van der Waals surface area contributed by atoms with Gasteiger partial charge in [-0.1, -0.05) is 73.3 Å². The molecule has 3 aliphatic rings. The van der Waals surface area contributed by atoms with E-state index in [1.165, 1.54) is 12.0 Å². The minimum absolute atomic E-state index is 0.104. The van der Waals surface area contributed by atoms with Crippen LogP contribution in [0.4, 0.5) is 5.69 Å². The normalized spacial score (nSPS) is 25.4. The van der Waals surface area contributed by atoms with Gasteiger partial charge in [-0.3, -0.25) is 9.59 Å². The topological polar surface area (TPSA) is 84.9 Å². The molecule has 0 radical (unpaired) electrons. The maximum atomic E-state index is 13.1. The quantitative estimate of drug-likeness (QED) is 0.243. The zero-order valence-corrected chi connectivity index (χ0v) is 26.1. The van der Waals surface area contributed by atoms with Crippen LogP contribution in [0.1, 0.15) is 92.6 Å². The van der Waals surface area contributed by atoms with Crippen molar-refractivity contribution in [2.24, 2.45) is 11.8 Å². The van der Waals surface area contributed by atoms with Crippen LogP contribution in [0.2, 0.25) is 5.02 Å². The number of para-hydroxylation sites is 1. The lowest BCUT2D eigenvalue weighted by molar-refractivity contribution is -0.158. The van der Waals surface area contributed by atoms with Gasteiger partial charge in [-0.25, -0.2) is 0 Å². The Morgan fingerprint density at radius 2 is 1.80 bits per heavy atom. The van der Waals surface area contributed by atoms with Gasteiger partial charge in [0.05, 0.1) is 12.7 Å². The molecule has 6 rings (SSSR count). The third-order valence-electron chi connectivity index (χ3n) is 9.49. The third kappa shape index (κ3) is 7.20. The third-order valence-corrected chi connectivity index (χ3v) is 9.85. The van der Waals surface area contributed by atoms with Gasteiger partial charge < -0.3 is 19.9 Å². The Hall–Kier alpha value is -3.19. The monoisotopic (exact) mass is 615 g/mol. The number of hydrogen-bond donors (Lipinski definition) is 2. The first-order chi connectivity index (χ1) is 21.4. The van der Waals surface area contributed by atoms with Crippen LogP contribution in [0, 0.1) is 11.8 Å². The first-order valence-corrected chi connectivity index (χ1v) is 16.5. The first-order valence-electron chi connectivity index (χ1n) is 16.2. The lowest BCUT2D eigenvalue weighted by Gasteiger charge is -2.32. The zero-order valence-electron chi connectivity index (χ0n) is 25.3. The molecule has 0 aromatic heterocycles. The highest BCUT2D eigenvalue weighted by Gasteiger charge is 2.45. The van der Waals surface area contributed by atoms with Crippen LogP contribution >= 0.6 is 11.6 Å². The van der Waals surface area contributed by atoms with Crippen LogP contribution in [0.25, 0.3) is 0 Å². The molecule has 3 aromatic carbocycles. The molecule has 1 amide bonds. The molecular weight excluding hydrogens is 574 g/mol. The van der Waals surface area contributed by atoms with E-state index in [-0.39, 0.29) is 23.7 Å². The summed E-state index contributed by atoms with van der Waals surface area (Å²) in [5.41, 5.74) is 4.77. The van der Waals surface area contributed by atoms with Crippen molar-refractivity contribution in [1.29, 1.82) is 0 Å².